The normalized spacial score (nSPS) is 11.2. The van der Waals surface area contributed by atoms with Gasteiger partial charge in [-0.25, -0.2) is 9.97 Å². The first-order valence-corrected chi connectivity index (χ1v) is 4.94. The maximum Gasteiger partial charge on any atom is 0.234 e. The molecule has 2 rings (SSSR count). The van der Waals surface area contributed by atoms with E-state index in [1.165, 1.54) is 0 Å². The van der Waals surface area contributed by atoms with Crippen molar-refractivity contribution < 1.29 is 4.74 Å². The second-order valence-corrected chi connectivity index (χ2v) is 3.75. The molecule has 0 radical (unpaired) electrons. The molecule has 0 N–H and O–H groups in total. The molecule has 0 aliphatic rings. The molecule has 4 nitrogen and oxygen atoms in total. The van der Waals surface area contributed by atoms with Gasteiger partial charge in [0, 0.05) is 18.5 Å². The lowest BCUT2D eigenvalue weighted by atomic mass is 10.3. The van der Waals surface area contributed by atoms with Crippen molar-refractivity contribution in [1.82, 2.24) is 14.4 Å². The first-order chi connectivity index (χ1) is 7.13. The number of aromatic nitrogens is 3. The van der Waals surface area contributed by atoms with Crippen molar-refractivity contribution in [3.05, 3.63) is 28.8 Å². The summed E-state index contributed by atoms with van der Waals surface area (Å²) in [6.45, 7) is 6.59. The smallest absolute Gasteiger partial charge is 0.234 e. The molecule has 2 heterocycles. The van der Waals surface area contributed by atoms with E-state index in [-0.39, 0.29) is 0 Å². The van der Waals surface area contributed by atoms with Crippen LogP contribution in [0.2, 0.25) is 0 Å². The maximum atomic E-state index is 5.17. The summed E-state index contributed by atoms with van der Waals surface area (Å²) in [5.74, 6) is 0.761. The Kier molecular flexibility index (Phi) is 2.44. The van der Waals surface area contributed by atoms with Crippen LogP contribution in [0.15, 0.2) is 6.07 Å². The van der Waals surface area contributed by atoms with E-state index in [0.717, 1.165) is 28.6 Å². The van der Waals surface area contributed by atoms with Gasteiger partial charge < -0.3 is 4.74 Å². The Labute approximate surface area is 88.9 Å². The molecule has 80 valence electrons. The van der Waals surface area contributed by atoms with Crippen LogP contribution in [0.1, 0.15) is 22.8 Å². The third kappa shape index (κ3) is 1.61. The summed E-state index contributed by atoms with van der Waals surface area (Å²) in [6, 6.07) is 2.05. The second-order valence-electron chi connectivity index (χ2n) is 3.75. The second kappa shape index (κ2) is 3.62. The quantitative estimate of drug-likeness (QED) is 0.750. The maximum absolute atomic E-state index is 5.17. The lowest BCUT2D eigenvalue weighted by Crippen LogP contribution is -2.01. The molecule has 2 aromatic rings. The lowest BCUT2D eigenvalue weighted by molar-refractivity contribution is 0.180. The summed E-state index contributed by atoms with van der Waals surface area (Å²) < 4.78 is 7.22. The molecule has 0 fully saturated rings. The zero-order valence-electron chi connectivity index (χ0n) is 9.53. The monoisotopic (exact) mass is 205 g/mol. The topological polar surface area (TPSA) is 39.4 Å². The van der Waals surface area contributed by atoms with Crippen LogP contribution >= 0.6 is 0 Å². The van der Waals surface area contributed by atoms with E-state index >= 15 is 0 Å². The Bertz CT molecular complexity index is 502. The van der Waals surface area contributed by atoms with Crippen molar-refractivity contribution >= 4 is 5.78 Å². The number of nitrogens with zero attached hydrogens (tertiary/aromatic N) is 3. The Morgan fingerprint density at radius 3 is 2.67 bits per heavy atom. The van der Waals surface area contributed by atoms with Crippen LogP contribution in [0.4, 0.5) is 0 Å². The molecule has 0 atom stereocenters. The molecule has 0 spiro atoms. The fraction of sp³-hybridized carbons (Fsp3) is 0.455. The summed E-state index contributed by atoms with van der Waals surface area (Å²) in [5.41, 5.74) is 4.20. The number of hydrogen-bond acceptors (Lipinski definition) is 3. The van der Waals surface area contributed by atoms with E-state index in [4.69, 9.17) is 4.74 Å². The van der Waals surface area contributed by atoms with Gasteiger partial charge in [0.2, 0.25) is 5.78 Å². The molecule has 0 unspecified atom stereocenters. The minimum absolute atomic E-state index is 0.568. The van der Waals surface area contributed by atoms with E-state index in [9.17, 15) is 0 Å². The van der Waals surface area contributed by atoms with Crippen LogP contribution in [-0.2, 0) is 11.3 Å². The van der Waals surface area contributed by atoms with Gasteiger partial charge in [0.05, 0.1) is 18.0 Å². The van der Waals surface area contributed by atoms with E-state index in [2.05, 4.69) is 16.9 Å². The highest BCUT2D eigenvalue weighted by atomic mass is 16.5. The average Bonchev–Trinajstić information content (AvgIpc) is 2.43. The van der Waals surface area contributed by atoms with Gasteiger partial charge in [0.1, 0.15) is 0 Å². The third-order valence-electron chi connectivity index (χ3n) is 2.48. The van der Waals surface area contributed by atoms with Gasteiger partial charge in [-0.05, 0) is 26.8 Å². The summed E-state index contributed by atoms with van der Waals surface area (Å²) in [6.07, 6.45) is 0. The number of aryl methyl sites for hydroxylation is 3. The molecule has 0 bridgehead atoms. The van der Waals surface area contributed by atoms with E-state index in [1.54, 1.807) is 7.11 Å². The Morgan fingerprint density at radius 1 is 1.27 bits per heavy atom. The fourth-order valence-electron chi connectivity index (χ4n) is 1.86. The number of hydrogen-bond donors (Lipinski definition) is 0. The number of ether oxygens (including phenoxy) is 1. The molecular weight excluding hydrogens is 190 g/mol. The average molecular weight is 205 g/mol. The highest BCUT2D eigenvalue weighted by Crippen LogP contribution is 2.14. The molecular formula is C11H15N3O. The molecule has 0 amide bonds. The molecule has 0 saturated heterocycles. The SMILES string of the molecule is COCc1c(C)nc2nc(C)cc(C)n12. The molecule has 4 heteroatoms. The Morgan fingerprint density at radius 2 is 2.00 bits per heavy atom. The largest absolute Gasteiger partial charge is 0.378 e. The fourth-order valence-corrected chi connectivity index (χ4v) is 1.86. The summed E-state index contributed by atoms with van der Waals surface area (Å²) in [5, 5.41) is 0. The minimum atomic E-state index is 0.568. The van der Waals surface area contributed by atoms with Crippen molar-refractivity contribution in [3.63, 3.8) is 0 Å². The first kappa shape index (κ1) is 10.1. The van der Waals surface area contributed by atoms with Gasteiger partial charge in [-0.2, -0.15) is 0 Å². The summed E-state index contributed by atoms with van der Waals surface area (Å²) in [7, 11) is 1.69. The van der Waals surface area contributed by atoms with Crippen molar-refractivity contribution in [2.75, 3.05) is 7.11 Å². The van der Waals surface area contributed by atoms with Crippen molar-refractivity contribution in [2.24, 2.45) is 0 Å². The van der Waals surface area contributed by atoms with Gasteiger partial charge in [0.25, 0.3) is 0 Å². The molecule has 0 saturated carbocycles. The highest BCUT2D eigenvalue weighted by Gasteiger charge is 2.11. The zero-order chi connectivity index (χ0) is 11.0. The molecule has 0 aliphatic carbocycles. The third-order valence-corrected chi connectivity index (χ3v) is 2.48. The van der Waals surface area contributed by atoms with Crippen LogP contribution in [0, 0.1) is 20.8 Å². The van der Waals surface area contributed by atoms with Gasteiger partial charge in [-0.3, -0.25) is 4.40 Å². The molecule has 0 aromatic carbocycles. The van der Waals surface area contributed by atoms with E-state index < -0.39 is 0 Å². The molecule has 0 aliphatic heterocycles. The predicted octanol–water partition coefficient (Wildman–Crippen LogP) is 1.80. The number of rotatable bonds is 2. The summed E-state index contributed by atoms with van der Waals surface area (Å²) >= 11 is 0. The van der Waals surface area contributed by atoms with E-state index in [0.29, 0.717) is 6.61 Å². The molecule has 15 heavy (non-hydrogen) atoms. The highest BCUT2D eigenvalue weighted by molar-refractivity contribution is 5.38. The minimum Gasteiger partial charge on any atom is -0.378 e. The van der Waals surface area contributed by atoms with Crippen molar-refractivity contribution in [3.8, 4) is 0 Å². The number of imidazole rings is 1. The molecule has 2 aromatic heterocycles. The van der Waals surface area contributed by atoms with Crippen molar-refractivity contribution in [2.45, 2.75) is 27.4 Å². The van der Waals surface area contributed by atoms with Crippen LogP contribution in [0.5, 0.6) is 0 Å². The number of fused-ring (bicyclic) bond motifs is 1. The van der Waals surface area contributed by atoms with Gasteiger partial charge in [0.15, 0.2) is 0 Å². The van der Waals surface area contributed by atoms with Crippen molar-refractivity contribution in [1.29, 1.82) is 0 Å². The van der Waals surface area contributed by atoms with Crippen LogP contribution in [-0.4, -0.2) is 21.5 Å². The van der Waals surface area contributed by atoms with Crippen LogP contribution < -0.4 is 0 Å². The first-order valence-electron chi connectivity index (χ1n) is 4.94. The predicted molar refractivity (Wildman–Crippen MR) is 57.9 cm³/mol. The zero-order valence-corrected chi connectivity index (χ0v) is 9.53. The summed E-state index contributed by atoms with van der Waals surface area (Å²) in [4.78, 5) is 8.82. The van der Waals surface area contributed by atoms with Gasteiger partial charge in [-0.15, -0.1) is 0 Å². The number of methoxy groups -OCH3 is 1. The Balaban J connectivity index is 2.75. The van der Waals surface area contributed by atoms with Gasteiger partial charge >= 0.3 is 0 Å². The van der Waals surface area contributed by atoms with Crippen LogP contribution in [0.3, 0.4) is 0 Å². The van der Waals surface area contributed by atoms with E-state index in [1.807, 2.05) is 24.3 Å². The Hall–Kier alpha value is -1.42. The van der Waals surface area contributed by atoms with Crippen LogP contribution in [0.25, 0.3) is 5.78 Å². The standard InChI is InChI=1S/C11H15N3O/c1-7-5-8(2)14-10(6-15-4)9(3)13-11(14)12-7/h5H,6H2,1-4H3. The van der Waals surface area contributed by atoms with Gasteiger partial charge in [-0.1, -0.05) is 0 Å². The lowest BCUT2D eigenvalue weighted by Gasteiger charge is -2.05.